The van der Waals surface area contributed by atoms with Crippen LogP contribution in [0.3, 0.4) is 0 Å². The summed E-state index contributed by atoms with van der Waals surface area (Å²) in [6.45, 7) is 2.95. The van der Waals surface area contributed by atoms with Gasteiger partial charge in [0.2, 0.25) is 0 Å². The lowest BCUT2D eigenvalue weighted by molar-refractivity contribution is -0.0307. The number of aryl methyl sites for hydroxylation is 1. The Hall–Kier alpha value is -0.730. The predicted molar refractivity (Wildman–Crippen MR) is 80.0 cm³/mol. The molecule has 3 heteroatoms. The molecule has 1 aromatic rings. The molecular weight excluding hydrogens is 258 g/mol. The molecule has 104 valence electrons. The second kappa shape index (κ2) is 5.34. The van der Waals surface area contributed by atoms with Crippen molar-refractivity contribution < 1.29 is 4.74 Å². The van der Waals surface area contributed by atoms with E-state index in [0.717, 1.165) is 17.3 Å². The van der Waals surface area contributed by atoms with E-state index in [9.17, 15) is 0 Å². The van der Waals surface area contributed by atoms with E-state index in [1.165, 1.54) is 44.1 Å². The maximum Gasteiger partial charge on any atom is 0.0756 e. The average Bonchev–Trinajstić information content (AvgIpc) is 3.02. The normalized spacial score (nSPS) is 25.1. The number of nitrogens with one attached hydrogen (secondary N) is 1. The van der Waals surface area contributed by atoms with E-state index in [1.54, 1.807) is 0 Å². The van der Waals surface area contributed by atoms with Gasteiger partial charge < -0.3 is 10.1 Å². The van der Waals surface area contributed by atoms with Crippen molar-refractivity contribution in [2.45, 2.75) is 57.2 Å². The highest BCUT2D eigenvalue weighted by molar-refractivity contribution is 6.33. The van der Waals surface area contributed by atoms with Crippen molar-refractivity contribution >= 4 is 17.3 Å². The molecule has 2 aliphatic rings. The minimum Gasteiger partial charge on any atom is -0.381 e. The zero-order valence-electron chi connectivity index (χ0n) is 11.5. The molecule has 0 amide bonds. The zero-order valence-corrected chi connectivity index (χ0v) is 12.3. The Morgan fingerprint density at radius 3 is 2.89 bits per heavy atom. The first-order chi connectivity index (χ1) is 9.17. The lowest BCUT2D eigenvalue weighted by Gasteiger charge is -2.24. The summed E-state index contributed by atoms with van der Waals surface area (Å²) in [6, 6.07) is 6.09. The van der Waals surface area contributed by atoms with Gasteiger partial charge in [0.15, 0.2) is 0 Å². The molecule has 1 saturated carbocycles. The lowest BCUT2D eigenvalue weighted by atomic mass is 9.98. The Kier molecular flexibility index (Phi) is 3.72. The molecule has 1 unspecified atom stereocenters. The fraction of sp³-hybridized carbons (Fsp3) is 0.625. The molecule has 2 nitrogen and oxygen atoms in total. The van der Waals surface area contributed by atoms with Gasteiger partial charge in [-0.3, -0.25) is 0 Å². The van der Waals surface area contributed by atoms with Crippen molar-refractivity contribution in [1.82, 2.24) is 0 Å². The maximum atomic E-state index is 6.30. The quantitative estimate of drug-likeness (QED) is 0.876. The van der Waals surface area contributed by atoms with E-state index in [0.29, 0.717) is 6.10 Å². The summed E-state index contributed by atoms with van der Waals surface area (Å²) in [5, 5.41) is 4.24. The summed E-state index contributed by atoms with van der Waals surface area (Å²) in [6.07, 6.45) is 7.95. The molecule has 1 atom stereocenters. The molecule has 1 aliphatic carbocycles. The van der Waals surface area contributed by atoms with E-state index in [4.69, 9.17) is 16.3 Å². The van der Waals surface area contributed by atoms with E-state index in [-0.39, 0.29) is 5.60 Å². The van der Waals surface area contributed by atoms with Gasteiger partial charge in [-0.2, -0.15) is 0 Å². The molecular formula is C16H22ClNO. The van der Waals surface area contributed by atoms with Crippen LogP contribution in [0.2, 0.25) is 5.02 Å². The lowest BCUT2D eigenvalue weighted by Crippen LogP contribution is -2.27. The summed E-state index contributed by atoms with van der Waals surface area (Å²) in [7, 11) is 0. The monoisotopic (exact) mass is 279 g/mol. The van der Waals surface area contributed by atoms with Crippen molar-refractivity contribution in [2.24, 2.45) is 0 Å². The number of hydrogen-bond donors (Lipinski definition) is 1. The molecule has 1 spiro atoms. The zero-order chi connectivity index (χ0) is 13.3. The minimum atomic E-state index is 0.225. The van der Waals surface area contributed by atoms with Crippen LogP contribution in [-0.4, -0.2) is 18.2 Å². The molecule has 1 heterocycles. The molecule has 1 saturated heterocycles. The molecule has 0 aromatic heterocycles. The molecule has 1 N–H and O–H groups in total. The van der Waals surface area contributed by atoms with Gasteiger partial charge in [0.1, 0.15) is 0 Å². The third kappa shape index (κ3) is 2.90. The van der Waals surface area contributed by atoms with Gasteiger partial charge in [0, 0.05) is 6.54 Å². The van der Waals surface area contributed by atoms with Gasteiger partial charge in [-0.1, -0.05) is 30.5 Å². The highest BCUT2D eigenvalue weighted by Gasteiger charge is 2.41. The summed E-state index contributed by atoms with van der Waals surface area (Å²) in [4.78, 5) is 0. The van der Waals surface area contributed by atoms with Gasteiger partial charge in [-0.05, 0) is 50.3 Å². The molecule has 1 aliphatic heterocycles. The van der Waals surface area contributed by atoms with Crippen LogP contribution < -0.4 is 5.32 Å². The average molecular weight is 280 g/mol. The number of halogens is 1. The summed E-state index contributed by atoms with van der Waals surface area (Å²) in [5.74, 6) is 0. The third-order valence-electron chi connectivity index (χ3n) is 4.50. The second-order valence-electron chi connectivity index (χ2n) is 6.03. The number of benzene rings is 1. The van der Waals surface area contributed by atoms with Crippen LogP contribution in [0.1, 0.15) is 44.1 Å². The smallest absolute Gasteiger partial charge is 0.0756 e. The standard InChI is InChI=1S/C16H22ClNO/c1-12-4-5-14(17)15(10-12)18-11-13-6-9-16(19-13)7-2-3-8-16/h4-5,10,13,18H,2-3,6-9,11H2,1H3. The van der Waals surface area contributed by atoms with Gasteiger partial charge >= 0.3 is 0 Å². The molecule has 0 bridgehead atoms. The number of anilines is 1. The van der Waals surface area contributed by atoms with Crippen LogP contribution in [0, 0.1) is 6.92 Å². The topological polar surface area (TPSA) is 21.3 Å². The van der Waals surface area contributed by atoms with Crippen molar-refractivity contribution in [2.75, 3.05) is 11.9 Å². The van der Waals surface area contributed by atoms with Crippen LogP contribution in [0.25, 0.3) is 0 Å². The van der Waals surface area contributed by atoms with Crippen LogP contribution in [0.15, 0.2) is 18.2 Å². The van der Waals surface area contributed by atoms with E-state index in [2.05, 4.69) is 18.3 Å². The fourth-order valence-electron chi connectivity index (χ4n) is 3.42. The Morgan fingerprint density at radius 1 is 1.32 bits per heavy atom. The molecule has 2 fully saturated rings. The number of rotatable bonds is 3. The van der Waals surface area contributed by atoms with Crippen LogP contribution in [-0.2, 0) is 4.74 Å². The Morgan fingerprint density at radius 2 is 2.11 bits per heavy atom. The van der Waals surface area contributed by atoms with E-state index >= 15 is 0 Å². The van der Waals surface area contributed by atoms with E-state index < -0.39 is 0 Å². The summed E-state index contributed by atoms with van der Waals surface area (Å²) < 4.78 is 6.30. The van der Waals surface area contributed by atoms with Gasteiger partial charge in [-0.15, -0.1) is 0 Å². The Bertz CT molecular complexity index is 454. The largest absolute Gasteiger partial charge is 0.381 e. The van der Waals surface area contributed by atoms with Gasteiger partial charge in [0.05, 0.1) is 22.4 Å². The molecule has 19 heavy (non-hydrogen) atoms. The fourth-order valence-corrected chi connectivity index (χ4v) is 3.61. The minimum absolute atomic E-state index is 0.225. The van der Waals surface area contributed by atoms with Crippen molar-refractivity contribution in [3.63, 3.8) is 0 Å². The highest BCUT2D eigenvalue weighted by Crippen LogP contribution is 2.43. The Balaban J connectivity index is 1.57. The number of ether oxygens (including phenoxy) is 1. The van der Waals surface area contributed by atoms with E-state index in [1.807, 2.05) is 12.1 Å². The highest BCUT2D eigenvalue weighted by atomic mass is 35.5. The Labute approximate surface area is 120 Å². The number of hydrogen-bond acceptors (Lipinski definition) is 2. The third-order valence-corrected chi connectivity index (χ3v) is 4.83. The first-order valence-electron chi connectivity index (χ1n) is 7.35. The van der Waals surface area contributed by atoms with Gasteiger partial charge in [0.25, 0.3) is 0 Å². The first-order valence-corrected chi connectivity index (χ1v) is 7.73. The van der Waals surface area contributed by atoms with Crippen molar-refractivity contribution in [1.29, 1.82) is 0 Å². The van der Waals surface area contributed by atoms with Crippen molar-refractivity contribution in [3.8, 4) is 0 Å². The van der Waals surface area contributed by atoms with Crippen LogP contribution in [0.5, 0.6) is 0 Å². The van der Waals surface area contributed by atoms with Crippen LogP contribution >= 0.6 is 11.6 Å². The van der Waals surface area contributed by atoms with Crippen molar-refractivity contribution in [3.05, 3.63) is 28.8 Å². The van der Waals surface area contributed by atoms with Gasteiger partial charge in [-0.25, -0.2) is 0 Å². The van der Waals surface area contributed by atoms with Crippen LogP contribution in [0.4, 0.5) is 5.69 Å². The SMILES string of the molecule is Cc1ccc(Cl)c(NCC2CCC3(CCCC3)O2)c1. The summed E-state index contributed by atoms with van der Waals surface area (Å²) >= 11 is 6.20. The maximum absolute atomic E-state index is 6.30. The second-order valence-corrected chi connectivity index (χ2v) is 6.44. The predicted octanol–water partition coefficient (Wildman–Crippen LogP) is 4.55. The molecule has 0 radical (unpaired) electrons. The molecule has 3 rings (SSSR count). The summed E-state index contributed by atoms with van der Waals surface area (Å²) in [5.41, 5.74) is 2.48. The molecule has 1 aromatic carbocycles. The first kappa shape index (κ1) is 13.3.